The van der Waals surface area contributed by atoms with E-state index in [0.29, 0.717) is 0 Å². The van der Waals surface area contributed by atoms with Gasteiger partial charge in [0.15, 0.2) is 0 Å². The zero-order chi connectivity index (χ0) is 11.5. The summed E-state index contributed by atoms with van der Waals surface area (Å²) in [5, 5.41) is 8.38. The summed E-state index contributed by atoms with van der Waals surface area (Å²) >= 11 is 1.68. The third-order valence-corrected chi connectivity index (χ3v) is 4.06. The number of halogens is 1. The topological polar surface area (TPSA) is 41.1 Å². The number of thiophene rings is 1. The van der Waals surface area contributed by atoms with Crippen LogP contribution in [0.25, 0.3) is 0 Å². The van der Waals surface area contributed by atoms with Crippen LogP contribution in [0.3, 0.4) is 0 Å². The third kappa shape index (κ3) is 3.44. The van der Waals surface area contributed by atoms with E-state index in [1.54, 1.807) is 11.3 Å². The molecule has 2 heterocycles. The van der Waals surface area contributed by atoms with E-state index < -0.39 is 0 Å². The number of anilines is 1. The van der Waals surface area contributed by atoms with E-state index in [1.807, 2.05) is 13.8 Å². The highest BCUT2D eigenvalue weighted by atomic mass is 35.5. The smallest absolute Gasteiger partial charge is 0.241 e. The summed E-state index contributed by atoms with van der Waals surface area (Å²) in [6, 6.07) is -0.00699. The lowest BCUT2D eigenvalue weighted by molar-refractivity contribution is -0.118. The molecule has 0 aromatic carbocycles. The van der Waals surface area contributed by atoms with Crippen molar-refractivity contribution in [1.82, 2.24) is 5.32 Å². The van der Waals surface area contributed by atoms with E-state index >= 15 is 0 Å². The van der Waals surface area contributed by atoms with Gasteiger partial charge in [-0.25, -0.2) is 0 Å². The molecule has 2 rings (SSSR count). The number of amides is 1. The molecule has 1 aromatic rings. The maximum Gasteiger partial charge on any atom is 0.241 e. The normalized spacial score (nSPS) is 19.5. The van der Waals surface area contributed by atoms with Crippen molar-refractivity contribution in [3.05, 3.63) is 15.8 Å². The van der Waals surface area contributed by atoms with Gasteiger partial charge in [0, 0.05) is 4.88 Å². The molecule has 0 unspecified atom stereocenters. The molecule has 0 aliphatic carbocycles. The molecule has 0 radical (unpaired) electrons. The predicted octanol–water partition coefficient (Wildman–Crippen LogP) is 2.87. The van der Waals surface area contributed by atoms with Gasteiger partial charge in [0.25, 0.3) is 0 Å². The number of carbonyl (C=O) groups is 1. The molecule has 5 heteroatoms. The number of rotatable bonds is 2. The second-order valence-electron chi connectivity index (χ2n) is 4.34. The fourth-order valence-corrected chi connectivity index (χ4v) is 2.85. The Bertz CT molecular complexity index is 366. The van der Waals surface area contributed by atoms with Gasteiger partial charge in [0.05, 0.1) is 11.7 Å². The van der Waals surface area contributed by atoms with E-state index in [9.17, 15) is 4.79 Å². The largest absolute Gasteiger partial charge is 0.324 e. The lowest BCUT2D eigenvalue weighted by Gasteiger charge is -2.22. The predicted molar refractivity (Wildman–Crippen MR) is 75.3 cm³/mol. The van der Waals surface area contributed by atoms with Crippen molar-refractivity contribution in [3.8, 4) is 0 Å². The first-order chi connectivity index (χ1) is 7.68. The number of hydrogen-bond acceptors (Lipinski definition) is 3. The van der Waals surface area contributed by atoms with Gasteiger partial charge in [0.2, 0.25) is 5.91 Å². The van der Waals surface area contributed by atoms with E-state index in [1.165, 1.54) is 11.3 Å². The first-order valence-corrected chi connectivity index (χ1v) is 6.65. The second kappa shape index (κ2) is 6.38. The van der Waals surface area contributed by atoms with E-state index in [0.717, 1.165) is 30.6 Å². The van der Waals surface area contributed by atoms with Crippen LogP contribution in [0.1, 0.15) is 29.7 Å². The van der Waals surface area contributed by atoms with Gasteiger partial charge in [-0.05, 0) is 44.2 Å². The summed E-state index contributed by atoms with van der Waals surface area (Å²) in [5.41, 5.74) is 2.16. The second-order valence-corrected chi connectivity index (χ2v) is 5.43. The first kappa shape index (κ1) is 14.5. The quantitative estimate of drug-likeness (QED) is 0.871. The van der Waals surface area contributed by atoms with Gasteiger partial charge in [-0.2, -0.15) is 0 Å². The molecule has 17 heavy (non-hydrogen) atoms. The maximum atomic E-state index is 12.0. The van der Waals surface area contributed by atoms with E-state index in [4.69, 9.17) is 0 Å². The summed E-state index contributed by atoms with van der Waals surface area (Å²) in [6.07, 6.45) is 3.28. The average Bonchev–Trinajstić information content (AvgIpc) is 2.62. The van der Waals surface area contributed by atoms with Gasteiger partial charge in [-0.15, -0.1) is 23.7 Å². The molecule has 1 saturated heterocycles. The molecule has 1 aliphatic heterocycles. The van der Waals surface area contributed by atoms with Gasteiger partial charge >= 0.3 is 0 Å². The Kier molecular flexibility index (Phi) is 5.43. The third-order valence-electron chi connectivity index (χ3n) is 3.03. The number of carbonyl (C=O) groups excluding carboxylic acids is 1. The van der Waals surface area contributed by atoms with Crippen molar-refractivity contribution in [3.63, 3.8) is 0 Å². The molecule has 2 N–H and O–H groups in total. The van der Waals surface area contributed by atoms with Crippen molar-refractivity contribution < 1.29 is 4.79 Å². The first-order valence-electron chi connectivity index (χ1n) is 5.77. The zero-order valence-electron chi connectivity index (χ0n) is 10.2. The molecule has 1 aromatic heterocycles. The van der Waals surface area contributed by atoms with Crippen molar-refractivity contribution in [2.75, 3.05) is 11.9 Å². The Morgan fingerprint density at radius 2 is 2.24 bits per heavy atom. The monoisotopic (exact) mass is 274 g/mol. The van der Waals surface area contributed by atoms with Gasteiger partial charge in [-0.3, -0.25) is 4.79 Å². The molecule has 1 aliphatic rings. The molecule has 1 fully saturated rings. The van der Waals surface area contributed by atoms with Crippen molar-refractivity contribution in [1.29, 1.82) is 0 Å². The van der Waals surface area contributed by atoms with Crippen LogP contribution in [-0.2, 0) is 4.79 Å². The van der Waals surface area contributed by atoms with Gasteiger partial charge < -0.3 is 10.6 Å². The van der Waals surface area contributed by atoms with Crippen LogP contribution in [0.5, 0.6) is 0 Å². The number of aryl methyl sites for hydroxylation is 2. The van der Waals surface area contributed by atoms with Gasteiger partial charge in [0.1, 0.15) is 0 Å². The molecular formula is C12H19ClN2OS. The summed E-state index contributed by atoms with van der Waals surface area (Å²) < 4.78 is 0. The van der Waals surface area contributed by atoms with Gasteiger partial charge in [-0.1, -0.05) is 6.42 Å². The number of nitrogens with one attached hydrogen (secondary N) is 2. The minimum absolute atomic E-state index is 0. The molecule has 1 atom stereocenters. The molecule has 1 amide bonds. The Labute approximate surface area is 112 Å². The fourth-order valence-electron chi connectivity index (χ4n) is 2.04. The van der Waals surface area contributed by atoms with Crippen molar-refractivity contribution in [2.24, 2.45) is 0 Å². The van der Waals surface area contributed by atoms with Crippen LogP contribution < -0.4 is 10.6 Å². The highest BCUT2D eigenvalue weighted by molar-refractivity contribution is 7.10. The summed E-state index contributed by atoms with van der Waals surface area (Å²) in [4.78, 5) is 13.2. The highest BCUT2D eigenvalue weighted by Crippen LogP contribution is 2.26. The van der Waals surface area contributed by atoms with Crippen molar-refractivity contribution in [2.45, 2.75) is 39.2 Å². The molecule has 3 nitrogen and oxygen atoms in total. The van der Waals surface area contributed by atoms with Crippen LogP contribution in [-0.4, -0.2) is 18.5 Å². The molecule has 0 bridgehead atoms. The summed E-state index contributed by atoms with van der Waals surface area (Å²) in [7, 11) is 0. The average molecular weight is 275 g/mol. The minimum Gasteiger partial charge on any atom is -0.324 e. The standard InChI is InChI=1S/C12H18N2OS.ClH/c1-8-7-16-9(2)11(8)14-12(15)10-5-3-4-6-13-10;/h7,10,13H,3-6H2,1-2H3,(H,14,15);1H/t10-;/m1./s1. The van der Waals surface area contributed by atoms with E-state index in [-0.39, 0.29) is 24.4 Å². The molecule has 0 saturated carbocycles. The zero-order valence-corrected chi connectivity index (χ0v) is 11.8. The van der Waals surface area contributed by atoms with Crippen LogP contribution >= 0.6 is 23.7 Å². The Hall–Kier alpha value is -0.580. The molecular weight excluding hydrogens is 256 g/mol. The maximum absolute atomic E-state index is 12.0. The Morgan fingerprint density at radius 1 is 1.47 bits per heavy atom. The highest BCUT2D eigenvalue weighted by Gasteiger charge is 2.21. The molecule has 96 valence electrons. The van der Waals surface area contributed by atoms with Crippen molar-refractivity contribution >= 4 is 35.3 Å². The lowest BCUT2D eigenvalue weighted by Crippen LogP contribution is -2.43. The summed E-state index contributed by atoms with van der Waals surface area (Å²) in [5.74, 6) is 0.115. The van der Waals surface area contributed by atoms with E-state index in [2.05, 4.69) is 16.0 Å². The van der Waals surface area contributed by atoms with Crippen LogP contribution in [0, 0.1) is 13.8 Å². The summed E-state index contributed by atoms with van der Waals surface area (Å²) in [6.45, 7) is 5.04. The number of piperidine rings is 1. The minimum atomic E-state index is -0.00699. The van der Waals surface area contributed by atoms with Crippen LogP contribution in [0.15, 0.2) is 5.38 Å². The Balaban J connectivity index is 0.00000144. The van der Waals surface area contributed by atoms with Crippen LogP contribution in [0.4, 0.5) is 5.69 Å². The fraction of sp³-hybridized carbons (Fsp3) is 0.583. The molecule has 0 spiro atoms. The number of hydrogen-bond donors (Lipinski definition) is 2. The lowest BCUT2D eigenvalue weighted by atomic mass is 10.0. The SMILES string of the molecule is Cc1csc(C)c1NC(=O)[C@H]1CCCCN1.Cl. The Morgan fingerprint density at radius 3 is 2.76 bits per heavy atom. The van der Waals surface area contributed by atoms with Crippen LogP contribution in [0.2, 0.25) is 0 Å².